The number of aryl methyl sites for hydroxylation is 1. The predicted octanol–water partition coefficient (Wildman–Crippen LogP) is 9.34. The molecule has 0 bridgehead atoms. The quantitative estimate of drug-likeness (QED) is 0.242. The molecule has 2 heteroatoms. The van der Waals surface area contributed by atoms with Gasteiger partial charge in [-0.15, -0.1) is 0 Å². The molecule has 0 atom stereocenters. The Balaban J connectivity index is 1.51. The molecule has 172 valence electrons. The Hall–Kier alpha value is -1.83. The second-order valence-corrected chi connectivity index (χ2v) is 9.17. The summed E-state index contributed by atoms with van der Waals surface area (Å²) >= 11 is 0. The van der Waals surface area contributed by atoms with E-state index in [1.807, 2.05) is 18.2 Å². The summed E-state index contributed by atoms with van der Waals surface area (Å²) in [6.45, 7) is 2.28. The van der Waals surface area contributed by atoms with E-state index in [2.05, 4.69) is 19.1 Å². The smallest absolute Gasteiger partial charge is 0.335 e. The molecular formula is C29H44O2. The van der Waals surface area contributed by atoms with Crippen molar-refractivity contribution in [3.05, 3.63) is 47.5 Å². The number of carboxylic acids is 1. The molecule has 0 aliphatic carbocycles. The number of unbranched alkanes of at least 4 members (excludes halogenated alkanes) is 15. The van der Waals surface area contributed by atoms with Crippen LogP contribution in [0.25, 0.3) is 10.8 Å². The van der Waals surface area contributed by atoms with Crippen molar-refractivity contribution >= 4 is 16.7 Å². The summed E-state index contributed by atoms with van der Waals surface area (Å²) in [5, 5.41) is 11.8. The monoisotopic (exact) mass is 424 g/mol. The number of benzene rings is 2. The second-order valence-electron chi connectivity index (χ2n) is 9.17. The van der Waals surface area contributed by atoms with Gasteiger partial charge in [-0.2, -0.15) is 0 Å². The first kappa shape index (κ1) is 25.4. The molecule has 2 aromatic carbocycles. The molecule has 0 spiro atoms. The van der Waals surface area contributed by atoms with Crippen LogP contribution in [0.4, 0.5) is 0 Å². The lowest BCUT2D eigenvalue weighted by atomic mass is 9.94. The fourth-order valence-electron chi connectivity index (χ4n) is 4.66. The van der Waals surface area contributed by atoms with Gasteiger partial charge in [0.15, 0.2) is 0 Å². The van der Waals surface area contributed by atoms with Crippen LogP contribution in [0.3, 0.4) is 0 Å². The topological polar surface area (TPSA) is 37.3 Å². The Kier molecular flexibility index (Phi) is 13.0. The average Bonchev–Trinajstić information content (AvgIpc) is 2.78. The average molecular weight is 425 g/mol. The zero-order valence-electron chi connectivity index (χ0n) is 19.8. The van der Waals surface area contributed by atoms with Crippen LogP contribution >= 0.6 is 0 Å². The normalized spacial score (nSPS) is 11.3. The van der Waals surface area contributed by atoms with Gasteiger partial charge in [0, 0.05) is 0 Å². The van der Waals surface area contributed by atoms with Gasteiger partial charge < -0.3 is 5.11 Å². The van der Waals surface area contributed by atoms with Crippen molar-refractivity contribution in [2.24, 2.45) is 0 Å². The van der Waals surface area contributed by atoms with Gasteiger partial charge >= 0.3 is 5.97 Å². The van der Waals surface area contributed by atoms with Crippen LogP contribution in [0, 0.1) is 0 Å². The van der Waals surface area contributed by atoms with Crippen molar-refractivity contribution in [2.75, 3.05) is 0 Å². The molecule has 0 radical (unpaired) electrons. The highest BCUT2D eigenvalue weighted by Crippen LogP contribution is 2.25. The van der Waals surface area contributed by atoms with Gasteiger partial charge in [-0.25, -0.2) is 4.79 Å². The van der Waals surface area contributed by atoms with Crippen LogP contribution in [0.1, 0.15) is 126 Å². The molecule has 1 N–H and O–H groups in total. The second kappa shape index (κ2) is 15.9. The van der Waals surface area contributed by atoms with Crippen LogP contribution in [0.2, 0.25) is 0 Å². The number of hydrogen-bond acceptors (Lipinski definition) is 1. The van der Waals surface area contributed by atoms with E-state index >= 15 is 0 Å². The molecule has 0 saturated carbocycles. The number of fused-ring (bicyclic) bond motifs is 1. The molecule has 2 nitrogen and oxygen atoms in total. The van der Waals surface area contributed by atoms with Crippen molar-refractivity contribution in [1.29, 1.82) is 0 Å². The van der Waals surface area contributed by atoms with Crippen LogP contribution in [-0.4, -0.2) is 11.1 Å². The minimum Gasteiger partial charge on any atom is -0.478 e. The van der Waals surface area contributed by atoms with Crippen molar-refractivity contribution in [3.63, 3.8) is 0 Å². The van der Waals surface area contributed by atoms with Crippen molar-refractivity contribution in [3.8, 4) is 0 Å². The molecule has 0 aliphatic heterocycles. The SMILES string of the molecule is CCCCCCCCCCCCCCCCCCc1c(C(=O)O)ccc2ccccc12. The van der Waals surface area contributed by atoms with Crippen molar-refractivity contribution < 1.29 is 9.90 Å². The number of aromatic carboxylic acids is 1. The number of rotatable bonds is 18. The van der Waals surface area contributed by atoms with E-state index in [0.717, 1.165) is 29.2 Å². The first-order valence-electron chi connectivity index (χ1n) is 13.0. The first-order valence-corrected chi connectivity index (χ1v) is 13.0. The van der Waals surface area contributed by atoms with Gasteiger partial charge in [-0.1, -0.05) is 134 Å². The minimum absolute atomic E-state index is 0.472. The number of carboxylic acid groups (broad SMARTS) is 1. The summed E-state index contributed by atoms with van der Waals surface area (Å²) in [7, 11) is 0. The molecule has 0 unspecified atom stereocenters. The Bertz CT molecular complexity index is 749. The Morgan fingerprint density at radius 1 is 0.645 bits per heavy atom. The summed E-state index contributed by atoms with van der Waals surface area (Å²) < 4.78 is 0. The number of hydrogen-bond donors (Lipinski definition) is 1. The fourth-order valence-corrected chi connectivity index (χ4v) is 4.66. The van der Waals surface area contributed by atoms with Gasteiger partial charge in [-0.3, -0.25) is 0 Å². The molecule has 2 aromatic rings. The zero-order valence-corrected chi connectivity index (χ0v) is 19.8. The third kappa shape index (κ3) is 9.89. The van der Waals surface area contributed by atoms with E-state index in [9.17, 15) is 9.90 Å². The summed E-state index contributed by atoms with van der Waals surface area (Å²) in [5.41, 5.74) is 1.48. The standard InChI is InChI=1S/C29H44O2/c1-2-3-4-5-6-7-8-9-10-11-12-13-14-15-16-17-22-27-26-21-19-18-20-25(26)23-24-28(27)29(30)31/h18-21,23-24H,2-17,22H2,1H3,(H,30,31). The molecule has 0 amide bonds. The molecular weight excluding hydrogens is 380 g/mol. The largest absolute Gasteiger partial charge is 0.478 e. The lowest BCUT2D eigenvalue weighted by Gasteiger charge is -2.10. The minimum atomic E-state index is -0.808. The van der Waals surface area contributed by atoms with Crippen LogP contribution < -0.4 is 0 Å². The van der Waals surface area contributed by atoms with Gasteiger partial charge in [0.1, 0.15) is 0 Å². The van der Waals surface area contributed by atoms with Gasteiger partial charge in [0.2, 0.25) is 0 Å². The van der Waals surface area contributed by atoms with Gasteiger partial charge in [0.25, 0.3) is 0 Å². The van der Waals surface area contributed by atoms with Gasteiger partial charge in [-0.05, 0) is 35.2 Å². The first-order chi connectivity index (χ1) is 15.2. The van der Waals surface area contributed by atoms with E-state index in [1.54, 1.807) is 6.07 Å². The molecule has 2 rings (SSSR count). The summed E-state index contributed by atoms with van der Waals surface area (Å²) in [6, 6.07) is 11.8. The van der Waals surface area contributed by atoms with Crippen molar-refractivity contribution in [2.45, 2.75) is 116 Å². The fraction of sp³-hybridized carbons (Fsp3) is 0.621. The maximum atomic E-state index is 11.6. The highest BCUT2D eigenvalue weighted by molar-refractivity contribution is 5.97. The predicted molar refractivity (Wildman–Crippen MR) is 134 cm³/mol. The van der Waals surface area contributed by atoms with E-state index < -0.39 is 5.97 Å². The van der Waals surface area contributed by atoms with E-state index in [1.165, 1.54) is 96.3 Å². The molecule has 0 fully saturated rings. The maximum absolute atomic E-state index is 11.6. The third-order valence-electron chi connectivity index (χ3n) is 6.55. The highest BCUT2D eigenvalue weighted by atomic mass is 16.4. The van der Waals surface area contributed by atoms with Crippen LogP contribution in [0.5, 0.6) is 0 Å². The number of carbonyl (C=O) groups is 1. The third-order valence-corrected chi connectivity index (χ3v) is 6.55. The van der Waals surface area contributed by atoms with E-state index in [4.69, 9.17) is 0 Å². The Morgan fingerprint density at radius 2 is 1.13 bits per heavy atom. The zero-order chi connectivity index (χ0) is 22.2. The molecule has 0 heterocycles. The lowest BCUT2D eigenvalue weighted by molar-refractivity contribution is 0.0696. The Labute approximate surface area is 190 Å². The van der Waals surface area contributed by atoms with Crippen molar-refractivity contribution in [1.82, 2.24) is 0 Å². The molecule has 0 aromatic heterocycles. The van der Waals surface area contributed by atoms with E-state index in [0.29, 0.717) is 5.56 Å². The van der Waals surface area contributed by atoms with Gasteiger partial charge in [0.05, 0.1) is 5.56 Å². The van der Waals surface area contributed by atoms with E-state index in [-0.39, 0.29) is 0 Å². The van der Waals surface area contributed by atoms with Crippen LogP contribution in [-0.2, 0) is 6.42 Å². The molecule has 0 saturated heterocycles. The lowest BCUT2D eigenvalue weighted by Crippen LogP contribution is -2.03. The highest BCUT2D eigenvalue weighted by Gasteiger charge is 2.12. The molecule has 0 aliphatic rings. The Morgan fingerprint density at radius 3 is 1.65 bits per heavy atom. The molecule has 31 heavy (non-hydrogen) atoms. The summed E-state index contributed by atoms with van der Waals surface area (Å²) in [5.74, 6) is -0.808. The summed E-state index contributed by atoms with van der Waals surface area (Å²) in [6.07, 6.45) is 22.6. The maximum Gasteiger partial charge on any atom is 0.335 e. The summed E-state index contributed by atoms with van der Waals surface area (Å²) in [4.78, 5) is 11.6. The van der Waals surface area contributed by atoms with Crippen LogP contribution in [0.15, 0.2) is 36.4 Å².